The standard InChI is InChI=1S/C22H30N4O3/c1-17-4-6-19(7-5-17)26-15-18(14-20(26)27)22(29)25-12-10-23(11-13-25)16-21(28)24-8-2-3-9-24/h4-7,18H,2-3,8-16H2,1H3. The number of likely N-dealkylation sites (tertiary alicyclic amines) is 1. The number of aryl methyl sites for hydroxylation is 1. The van der Waals surface area contributed by atoms with Crippen molar-refractivity contribution in [3.05, 3.63) is 29.8 Å². The van der Waals surface area contributed by atoms with E-state index in [1.54, 1.807) is 4.90 Å². The summed E-state index contributed by atoms with van der Waals surface area (Å²) in [6.45, 7) is 7.36. The molecule has 4 rings (SSSR count). The Morgan fingerprint density at radius 2 is 1.59 bits per heavy atom. The van der Waals surface area contributed by atoms with Crippen molar-refractivity contribution < 1.29 is 14.4 Å². The normalized spacial score (nSPS) is 23.1. The molecule has 3 saturated heterocycles. The highest BCUT2D eigenvalue weighted by molar-refractivity contribution is 6.00. The van der Waals surface area contributed by atoms with Gasteiger partial charge in [0.15, 0.2) is 0 Å². The van der Waals surface area contributed by atoms with Gasteiger partial charge in [-0.3, -0.25) is 19.3 Å². The van der Waals surface area contributed by atoms with Crippen molar-refractivity contribution >= 4 is 23.4 Å². The summed E-state index contributed by atoms with van der Waals surface area (Å²) in [5.41, 5.74) is 2.01. The van der Waals surface area contributed by atoms with Crippen LogP contribution >= 0.6 is 0 Å². The Morgan fingerprint density at radius 3 is 2.24 bits per heavy atom. The van der Waals surface area contributed by atoms with Gasteiger partial charge in [0.25, 0.3) is 0 Å². The maximum absolute atomic E-state index is 13.0. The van der Waals surface area contributed by atoms with Gasteiger partial charge in [-0.15, -0.1) is 0 Å². The number of hydrogen-bond donors (Lipinski definition) is 0. The van der Waals surface area contributed by atoms with Crippen LogP contribution in [0.2, 0.25) is 0 Å². The van der Waals surface area contributed by atoms with Crippen molar-refractivity contribution in [3.8, 4) is 0 Å². The van der Waals surface area contributed by atoms with Gasteiger partial charge in [0, 0.05) is 57.9 Å². The molecule has 1 atom stereocenters. The molecule has 1 aromatic rings. The summed E-state index contributed by atoms with van der Waals surface area (Å²) in [5, 5.41) is 0. The van der Waals surface area contributed by atoms with Crippen LogP contribution in [0.5, 0.6) is 0 Å². The van der Waals surface area contributed by atoms with E-state index >= 15 is 0 Å². The summed E-state index contributed by atoms with van der Waals surface area (Å²) in [6.07, 6.45) is 2.49. The van der Waals surface area contributed by atoms with Gasteiger partial charge >= 0.3 is 0 Å². The van der Waals surface area contributed by atoms with Gasteiger partial charge in [-0.05, 0) is 31.9 Å². The molecule has 0 aliphatic carbocycles. The molecule has 0 radical (unpaired) electrons. The van der Waals surface area contributed by atoms with Crippen molar-refractivity contribution in [2.45, 2.75) is 26.2 Å². The Bertz CT molecular complexity index is 765. The van der Waals surface area contributed by atoms with Crippen LogP contribution < -0.4 is 4.90 Å². The zero-order valence-electron chi connectivity index (χ0n) is 17.2. The molecule has 3 aliphatic heterocycles. The molecule has 156 valence electrons. The number of rotatable bonds is 4. The fourth-order valence-corrected chi connectivity index (χ4v) is 4.49. The van der Waals surface area contributed by atoms with E-state index in [4.69, 9.17) is 0 Å². The quantitative estimate of drug-likeness (QED) is 0.762. The zero-order valence-corrected chi connectivity index (χ0v) is 17.2. The molecule has 3 amide bonds. The average Bonchev–Trinajstić information content (AvgIpc) is 3.39. The van der Waals surface area contributed by atoms with Crippen molar-refractivity contribution in [1.29, 1.82) is 0 Å². The Kier molecular flexibility index (Phi) is 5.85. The lowest BCUT2D eigenvalue weighted by Crippen LogP contribution is -2.52. The van der Waals surface area contributed by atoms with E-state index in [-0.39, 0.29) is 30.1 Å². The van der Waals surface area contributed by atoms with Gasteiger partial charge < -0.3 is 14.7 Å². The van der Waals surface area contributed by atoms with Crippen LogP contribution in [0.3, 0.4) is 0 Å². The third-order valence-corrected chi connectivity index (χ3v) is 6.32. The second kappa shape index (κ2) is 8.53. The Morgan fingerprint density at radius 1 is 0.931 bits per heavy atom. The number of anilines is 1. The lowest BCUT2D eigenvalue weighted by molar-refractivity contribution is -0.138. The molecule has 3 aliphatic rings. The van der Waals surface area contributed by atoms with Crippen LogP contribution in [0.25, 0.3) is 0 Å². The molecular formula is C22H30N4O3. The zero-order chi connectivity index (χ0) is 20.4. The molecule has 7 nitrogen and oxygen atoms in total. The number of carbonyl (C=O) groups excluding carboxylic acids is 3. The Labute approximate surface area is 172 Å². The minimum Gasteiger partial charge on any atom is -0.342 e. The Hall–Kier alpha value is -2.41. The van der Waals surface area contributed by atoms with Gasteiger partial charge in [0.1, 0.15) is 0 Å². The molecule has 0 N–H and O–H groups in total. The first-order chi connectivity index (χ1) is 14.0. The van der Waals surface area contributed by atoms with Gasteiger partial charge in [0.2, 0.25) is 17.7 Å². The van der Waals surface area contributed by atoms with E-state index in [0.29, 0.717) is 39.3 Å². The summed E-state index contributed by atoms with van der Waals surface area (Å²) in [7, 11) is 0. The van der Waals surface area contributed by atoms with E-state index in [1.807, 2.05) is 41.0 Å². The smallest absolute Gasteiger partial charge is 0.236 e. The summed E-state index contributed by atoms with van der Waals surface area (Å²) in [6, 6.07) is 7.85. The summed E-state index contributed by atoms with van der Waals surface area (Å²) in [5.74, 6) is 0.0134. The molecule has 0 spiro atoms. The van der Waals surface area contributed by atoms with Crippen molar-refractivity contribution in [3.63, 3.8) is 0 Å². The predicted octanol–water partition coefficient (Wildman–Crippen LogP) is 1.11. The molecule has 1 aromatic carbocycles. The average molecular weight is 399 g/mol. The fourth-order valence-electron chi connectivity index (χ4n) is 4.49. The van der Waals surface area contributed by atoms with Crippen LogP contribution in [-0.4, -0.2) is 84.8 Å². The molecule has 3 heterocycles. The van der Waals surface area contributed by atoms with E-state index < -0.39 is 0 Å². The van der Waals surface area contributed by atoms with E-state index in [9.17, 15) is 14.4 Å². The van der Waals surface area contributed by atoms with E-state index in [1.165, 1.54) is 0 Å². The molecule has 0 bridgehead atoms. The monoisotopic (exact) mass is 398 g/mol. The van der Waals surface area contributed by atoms with Gasteiger partial charge in [-0.1, -0.05) is 17.7 Å². The molecule has 7 heteroatoms. The maximum atomic E-state index is 13.0. The van der Waals surface area contributed by atoms with Gasteiger partial charge in [-0.2, -0.15) is 0 Å². The highest BCUT2D eigenvalue weighted by Gasteiger charge is 2.38. The topological polar surface area (TPSA) is 64.2 Å². The number of carbonyl (C=O) groups is 3. The fraction of sp³-hybridized carbons (Fsp3) is 0.591. The number of nitrogens with zero attached hydrogens (tertiary/aromatic N) is 4. The van der Waals surface area contributed by atoms with E-state index in [2.05, 4.69) is 4.90 Å². The summed E-state index contributed by atoms with van der Waals surface area (Å²) >= 11 is 0. The lowest BCUT2D eigenvalue weighted by Gasteiger charge is -2.36. The number of amides is 3. The Balaban J connectivity index is 1.28. The lowest BCUT2D eigenvalue weighted by atomic mass is 10.1. The minimum atomic E-state index is -0.276. The molecule has 0 aromatic heterocycles. The van der Waals surface area contributed by atoms with Crippen LogP contribution in [0.4, 0.5) is 5.69 Å². The number of benzene rings is 1. The summed E-state index contributed by atoms with van der Waals surface area (Å²) in [4.78, 5) is 45.4. The van der Waals surface area contributed by atoms with Crippen molar-refractivity contribution in [2.75, 3.05) is 57.3 Å². The number of hydrogen-bond acceptors (Lipinski definition) is 4. The largest absolute Gasteiger partial charge is 0.342 e. The second-order valence-electron chi connectivity index (χ2n) is 8.43. The molecular weight excluding hydrogens is 368 g/mol. The highest BCUT2D eigenvalue weighted by atomic mass is 16.2. The minimum absolute atomic E-state index is 0.0158. The van der Waals surface area contributed by atoms with Gasteiger partial charge in [0.05, 0.1) is 12.5 Å². The highest BCUT2D eigenvalue weighted by Crippen LogP contribution is 2.27. The van der Waals surface area contributed by atoms with Crippen LogP contribution in [0, 0.1) is 12.8 Å². The van der Waals surface area contributed by atoms with Crippen LogP contribution in [-0.2, 0) is 14.4 Å². The third kappa shape index (κ3) is 4.45. The maximum Gasteiger partial charge on any atom is 0.236 e. The van der Waals surface area contributed by atoms with E-state index in [0.717, 1.165) is 37.2 Å². The summed E-state index contributed by atoms with van der Waals surface area (Å²) < 4.78 is 0. The predicted molar refractivity (Wildman–Crippen MR) is 110 cm³/mol. The molecule has 0 saturated carbocycles. The van der Waals surface area contributed by atoms with Crippen molar-refractivity contribution in [2.24, 2.45) is 5.92 Å². The first-order valence-corrected chi connectivity index (χ1v) is 10.7. The first-order valence-electron chi connectivity index (χ1n) is 10.7. The third-order valence-electron chi connectivity index (χ3n) is 6.32. The van der Waals surface area contributed by atoms with Gasteiger partial charge in [-0.25, -0.2) is 0 Å². The van der Waals surface area contributed by atoms with Crippen molar-refractivity contribution in [1.82, 2.24) is 14.7 Å². The molecule has 1 unspecified atom stereocenters. The molecule has 3 fully saturated rings. The second-order valence-corrected chi connectivity index (χ2v) is 8.43. The van der Waals surface area contributed by atoms with Crippen LogP contribution in [0.1, 0.15) is 24.8 Å². The van der Waals surface area contributed by atoms with Crippen LogP contribution in [0.15, 0.2) is 24.3 Å². The number of piperazine rings is 1. The SMILES string of the molecule is Cc1ccc(N2CC(C(=O)N3CCN(CC(=O)N4CCCC4)CC3)CC2=O)cc1. The molecule has 29 heavy (non-hydrogen) atoms. The first kappa shape index (κ1) is 19.9.